The van der Waals surface area contributed by atoms with E-state index in [4.69, 9.17) is 57.6 Å². The second kappa shape index (κ2) is 45.1. The van der Waals surface area contributed by atoms with Crippen LogP contribution in [-0.4, -0.2) is 189 Å². The molecule has 0 bridgehead atoms. The lowest BCUT2D eigenvalue weighted by Crippen LogP contribution is -2.40. The van der Waals surface area contributed by atoms with Crippen molar-refractivity contribution in [2.24, 2.45) is 17.8 Å². The summed E-state index contributed by atoms with van der Waals surface area (Å²) in [6.45, 7) is 28.2. The molecule has 3 fully saturated rings. The van der Waals surface area contributed by atoms with Crippen molar-refractivity contribution >= 4 is 107 Å². The fourth-order valence-corrected chi connectivity index (χ4v) is 12.0. The number of carboxylic acids is 3. The first-order chi connectivity index (χ1) is 57.8. The van der Waals surface area contributed by atoms with Gasteiger partial charge in [0, 0.05) is 0 Å². The molecule has 3 aliphatic carbocycles. The van der Waals surface area contributed by atoms with Gasteiger partial charge in [-0.05, 0) is 252 Å². The Morgan fingerprint density at radius 2 is 0.627 bits per heavy atom. The Balaban J connectivity index is 0.000000345. The second-order valence-corrected chi connectivity index (χ2v) is 40.1. The number of aryl methyl sites for hydroxylation is 1. The first-order valence-corrected chi connectivity index (χ1v) is 45.5. The number of esters is 4. The van der Waals surface area contributed by atoms with Gasteiger partial charge in [0.15, 0.2) is 11.2 Å². The first kappa shape index (κ1) is 107. The molecule has 0 radical (unpaired) electrons. The summed E-state index contributed by atoms with van der Waals surface area (Å²) in [5.74, 6) is -5.99. The normalized spacial score (nSPS) is 13.4. The van der Waals surface area contributed by atoms with E-state index < -0.39 is 129 Å². The molecule has 0 spiro atoms. The molecule has 3 saturated carbocycles. The number of rotatable bonds is 29. The maximum absolute atomic E-state index is 13.0. The van der Waals surface area contributed by atoms with Gasteiger partial charge in [0.2, 0.25) is 41.3 Å². The molecule has 0 saturated heterocycles. The van der Waals surface area contributed by atoms with Gasteiger partial charge in [-0.2, -0.15) is 12.9 Å². The van der Waals surface area contributed by atoms with E-state index in [1.807, 2.05) is 54.6 Å². The minimum absolute atomic E-state index is 0.00749. The van der Waals surface area contributed by atoms with Gasteiger partial charge >= 0.3 is 60.1 Å². The molecule has 6 aromatic carbocycles. The summed E-state index contributed by atoms with van der Waals surface area (Å²) in [5, 5.41) is 44.1. The largest absolute Gasteiger partial charge is 0.491 e. The van der Waals surface area contributed by atoms with Crippen molar-refractivity contribution in [2.45, 2.75) is 222 Å². The molecule has 3 amide bonds. The lowest BCUT2D eigenvalue weighted by Gasteiger charge is -2.27. The number of carbonyl (C=O) groups is 10. The predicted octanol–water partition coefficient (Wildman–Crippen LogP) is 14.5. The Labute approximate surface area is 736 Å². The number of benzene rings is 6. The van der Waals surface area contributed by atoms with Crippen molar-refractivity contribution in [2.75, 3.05) is 51.5 Å². The predicted molar refractivity (Wildman–Crippen MR) is 467 cm³/mol. The highest BCUT2D eigenvalue weighted by atomic mass is 32.2. The lowest BCUT2D eigenvalue weighted by molar-refractivity contribution is -0.164. The van der Waals surface area contributed by atoms with Crippen LogP contribution in [0.25, 0.3) is 0 Å². The van der Waals surface area contributed by atoms with E-state index in [0.29, 0.717) is 31.4 Å². The molecule has 6 aromatic rings. The molecule has 5 N–H and O–H groups in total. The molecule has 3 aliphatic rings. The van der Waals surface area contributed by atoms with E-state index in [2.05, 4.69) is 31.2 Å². The fraction of sp³-hybridized carbons (Fsp3) is 0.483. The third-order valence-corrected chi connectivity index (χ3v) is 19.9. The van der Waals surface area contributed by atoms with Crippen molar-refractivity contribution in [1.29, 1.82) is 0 Å². The quantitative estimate of drug-likeness (QED) is 0.0215. The van der Waals surface area contributed by atoms with Crippen molar-refractivity contribution in [3.63, 3.8) is 0 Å². The van der Waals surface area contributed by atoms with Gasteiger partial charge in [-0.25, -0.2) is 73.2 Å². The smallest absolute Gasteiger partial charge is 0.429 e. The van der Waals surface area contributed by atoms with Crippen molar-refractivity contribution in [3.05, 3.63) is 179 Å². The number of aromatic carboxylic acids is 1. The van der Waals surface area contributed by atoms with E-state index in [1.54, 1.807) is 74.4 Å². The van der Waals surface area contributed by atoms with Crippen molar-refractivity contribution in [3.8, 4) is 17.2 Å². The highest BCUT2D eigenvalue weighted by Crippen LogP contribution is 2.40. The summed E-state index contributed by atoms with van der Waals surface area (Å²) >= 11 is 0. The molecule has 0 atom stereocenters. The Morgan fingerprint density at radius 3 is 0.865 bits per heavy atom. The number of carbonyl (C=O) groups excluding carboxylic acids is 7. The van der Waals surface area contributed by atoms with E-state index in [0.717, 1.165) is 74.8 Å². The van der Waals surface area contributed by atoms with E-state index >= 15 is 0 Å². The number of nitrogens with zero attached hydrogens (tertiary/aromatic N) is 3. The Morgan fingerprint density at radius 1 is 0.357 bits per heavy atom. The van der Waals surface area contributed by atoms with Crippen LogP contribution in [0.15, 0.2) is 146 Å². The average molecular weight is 1820 g/mol. The summed E-state index contributed by atoms with van der Waals surface area (Å²) in [5.41, 5.74) is -6.58. The summed E-state index contributed by atoms with van der Waals surface area (Å²) in [4.78, 5) is 120. The summed E-state index contributed by atoms with van der Waals surface area (Å²) in [7, 11) is -12.3. The average Bonchev–Trinajstić information content (AvgIpc) is 1.27. The highest BCUT2D eigenvalue weighted by molar-refractivity contribution is 7.93. The zero-order valence-electron chi connectivity index (χ0n) is 75.0. The van der Waals surface area contributed by atoms with Gasteiger partial charge in [-0.1, -0.05) is 97.9 Å². The highest BCUT2D eigenvalue weighted by Gasteiger charge is 2.41. The van der Waals surface area contributed by atoms with Crippen LogP contribution in [0.5, 0.6) is 17.2 Å². The van der Waals surface area contributed by atoms with Gasteiger partial charge < -0.3 is 72.9 Å². The summed E-state index contributed by atoms with van der Waals surface area (Å²) < 4.78 is 130. The monoisotopic (exact) mass is 1820 g/mol. The topological polar surface area (TPSA) is 476 Å². The molecule has 9 rings (SSSR count). The van der Waals surface area contributed by atoms with Crippen LogP contribution in [-0.2, 0) is 102 Å². The molecule has 0 heterocycles. The molecule has 34 nitrogen and oxygen atoms in total. The number of amides is 3. The molecule has 37 heteroatoms. The molecule has 126 heavy (non-hydrogen) atoms. The third-order valence-electron chi connectivity index (χ3n) is 16.8. The number of carboxylic acid groups (broad SMARTS) is 3. The Hall–Kier alpha value is -11.4. The van der Waals surface area contributed by atoms with Crippen LogP contribution < -0.4 is 27.1 Å². The number of sulfonamides is 3. The minimum atomic E-state index is -4.14. The van der Waals surface area contributed by atoms with Crippen LogP contribution in [0, 0.1) is 17.8 Å². The number of anilines is 3. The SMILES string of the molecule is CC(C)(C)OC(=O)N(c1ccc(C(=O)O)cc1OCC1CC1)S(C)(=O)=O.CC(C)(C)OC(=O)N(c1ccc(C(=O)OC(C)(C)C(=O)O)cc1OCC1CC1)S(C)(=O)=O.CC(C)(C)OC(=O)N(c1ccc(C(=O)OC(C)(C)C(=O)OCc2ccccc2)cc1OCC1CC1)S(C)(=O)=O.CC(C)(O)C(=O)O.CC(C)(O)C(=O)OCc1ccccc1.CCc1ccccc1. The number of aliphatic hydroxyl groups is 2. The van der Waals surface area contributed by atoms with Gasteiger partial charge in [-0.3, -0.25) is 0 Å². The van der Waals surface area contributed by atoms with Crippen molar-refractivity contribution in [1.82, 2.24) is 0 Å². The van der Waals surface area contributed by atoms with Crippen LogP contribution in [0.1, 0.15) is 211 Å². The first-order valence-electron chi connectivity index (χ1n) is 39.9. The van der Waals surface area contributed by atoms with Gasteiger partial charge in [0.05, 0.1) is 55.3 Å². The second-order valence-electron chi connectivity index (χ2n) is 34.6. The lowest BCUT2D eigenvalue weighted by atomic mass is 10.1. The maximum atomic E-state index is 13.0. The van der Waals surface area contributed by atoms with E-state index in [-0.39, 0.29) is 83.3 Å². The standard InChI is InChI=1S/C28H35NO9S.C21H29NO9S.C17H23NO7S.C11H14O3.C8H10.C4H8O3/c1-27(2,3)38-26(32)29(39(6,33)34)22-15-14-21(16-23(22)35-17-20-12-13-20)24(30)37-28(4,5)25(31)36-18-19-10-8-7-9-11-19;1-20(2,3)31-19(26)22(32(6,27)28)15-10-9-14(11-16(15)29-12-13-7-8-13)17(23)30-21(4,5)18(24)25;1-17(2,3)25-16(21)18(26(4,22)23)13-8-7-12(15(19)20)9-14(13)24-10-11-5-6-11;1-11(2,13)10(12)14-8-9-6-4-3-5-7-9;1-2-8-6-4-3-5-7-8;1-4(2,7)3(5)6/h7-11,14-16,20H,12-13,17-18H2,1-6H3;9-11,13H,7-8,12H2,1-6H3,(H,24,25);7-9,11H,5-6,10H2,1-4H3,(H,19,20);3-7,13H,8H2,1-2H3;3-7H,2H2,1H3;7H,1-2H3,(H,5,6). The van der Waals surface area contributed by atoms with E-state index in [9.17, 15) is 88.5 Å². The minimum Gasteiger partial charge on any atom is -0.491 e. The summed E-state index contributed by atoms with van der Waals surface area (Å²) in [6, 6.07) is 40.0. The molecular formula is C89H119N3O31S3. The molecule has 0 aliphatic heterocycles. The molecule has 694 valence electrons. The number of aliphatic carboxylic acids is 2. The Kier molecular flexibility index (Phi) is 38.3. The van der Waals surface area contributed by atoms with Gasteiger partial charge in [0.1, 0.15) is 64.3 Å². The molecule has 0 unspecified atom stereocenters. The van der Waals surface area contributed by atoms with Gasteiger partial charge in [-0.15, -0.1) is 0 Å². The maximum Gasteiger partial charge on any atom is 0.429 e. The third kappa shape index (κ3) is 38.6. The van der Waals surface area contributed by atoms with Gasteiger partial charge in [0.25, 0.3) is 0 Å². The van der Waals surface area contributed by atoms with Crippen molar-refractivity contribution < 1.29 is 146 Å². The van der Waals surface area contributed by atoms with Crippen LogP contribution in [0.4, 0.5) is 31.4 Å². The fourth-order valence-electron chi connectivity index (χ4n) is 9.58. The number of ether oxygens (including phenoxy) is 10. The van der Waals surface area contributed by atoms with Crippen LogP contribution in [0.2, 0.25) is 0 Å². The summed E-state index contributed by atoms with van der Waals surface area (Å²) in [6.07, 6.45) is 6.20. The zero-order chi connectivity index (χ0) is 95.7. The van der Waals surface area contributed by atoms with Crippen LogP contribution >= 0.6 is 0 Å². The van der Waals surface area contributed by atoms with Crippen LogP contribution in [0.3, 0.4) is 0 Å². The molecule has 0 aromatic heterocycles. The molecular weight excluding hydrogens is 1700 g/mol. The Bertz CT molecular complexity index is 5090. The van der Waals surface area contributed by atoms with E-state index in [1.165, 1.54) is 116 Å². The number of hydrogen-bond donors (Lipinski definition) is 5. The number of hydrogen-bond acceptors (Lipinski definition) is 28. The zero-order valence-corrected chi connectivity index (χ0v) is 77.4.